The van der Waals surface area contributed by atoms with Crippen molar-refractivity contribution in [2.75, 3.05) is 18.1 Å². The van der Waals surface area contributed by atoms with Gasteiger partial charge in [-0.2, -0.15) is 0 Å². The molecule has 1 aliphatic heterocycles. The summed E-state index contributed by atoms with van der Waals surface area (Å²) >= 11 is 0. The maximum absolute atomic E-state index is 13.0. The highest BCUT2D eigenvalue weighted by Gasteiger charge is 2.37. The lowest BCUT2D eigenvalue weighted by atomic mass is 10.1. The molecule has 0 atom stereocenters. The van der Waals surface area contributed by atoms with E-state index in [2.05, 4.69) is 0 Å². The minimum atomic E-state index is -0.859. The quantitative estimate of drug-likeness (QED) is 0.265. The molecule has 36 heavy (non-hydrogen) atoms. The summed E-state index contributed by atoms with van der Waals surface area (Å²) < 4.78 is 23.1. The lowest BCUT2D eigenvalue weighted by molar-refractivity contribution is 0.0474. The molecule has 0 aromatic heterocycles. The summed E-state index contributed by atoms with van der Waals surface area (Å²) in [7, 11) is 0. The first kappa shape index (κ1) is 24.5. The van der Waals surface area contributed by atoms with Gasteiger partial charge in [0.05, 0.1) is 34.5 Å². The number of benzene rings is 3. The molecule has 3 aromatic rings. The number of carbonyl (C=O) groups is 5. The maximum atomic E-state index is 13.0. The van der Waals surface area contributed by atoms with Crippen LogP contribution in [0.25, 0.3) is 0 Å². The van der Waals surface area contributed by atoms with Gasteiger partial charge in [-0.25, -0.2) is 18.9 Å². The number of carbonyl (C=O) groups excluding carboxylic acids is 5. The molecule has 0 saturated carbocycles. The molecule has 1 heterocycles. The molecule has 0 saturated heterocycles. The average Bonchev–Trinajstić information content (AvgIpc) is 3.15. The topological polar surface area (TPSA) is 107 Å². The second kappa shape index (κ2) is 10.3. The molecule has 0 N–H and O–H groups in total. The zero-order chi connectivity index (χ0) is 25.8. The summed E-state index contributed by atoms with van der Waals surface area (Å²) in [5, 5.41) is 0. The van der Waals surface area contributed by atoms with Crippen molar-refractivity contribution in [1.29, 1.82) is 0 Å². The number of esters is 2. The number of Topliss-reactive ketones (excluding diaryl/α,β-unsaturated/α-hetero) is 1. The molecule has 3 aromatic carbocycles. The summed E-state index contributed by atoms with van der Waals surface area (Å²) in [5.74, 6) is -3.62. The van der Waals surface area contributed by atoms with Gasteiger partial charge in [0.25, 0.3) is 11.8 Å². The summed E-state index contributed by atoms with van der Waals surface area (Å²) in [6.45, 7) is 1.58. The zero-order valence-electron chi connectivity index (χ0n) is 19.2. The van der Waals surface area contributed by atoms with Gasteiger partial charge >= 0.3 is 11.9 Å². The molecule has 1 aliphatic rings. The van der Waals surface area contributed by atoms with Crippen LogP contribution in [0.1, 0.15) is 65.1 Å². The highest BCUT2D eigenvalue weighted by atomic mass is 19.1. The minimum Gasteiger partial charge on any atom is -0.462 e. The molecule has 0 bridgehead atoms. The van der Waals surface area contributed by atoms with Gasteiger partial charge in [0.1, 0.15) is 5.82 Å². The normalized spacial score (nSPS) is 12.3. The first-order chi connectivity index (χ1) is 17.3. The number of ether oxygens (including phenoxy) is 2. The van der Waals surface area contributed by atoms with E-state index in [4.69, 9.17) is 9.47 Å². The Bertz CT molecular complexity index is 1360. The van der Waals surface area contributed by atoms with E-state index in [9.17, 15) is 28.4 Å². The van der Waals surface area contributed by atoms with Gasteiger partial charge in [0.2, 0.25) is 0 Å². The number of fused-ring (bicyclic) bond motifs is 1. The van der Waals surface area contributed by atoms with E-state index in [1.54, 1.807) is 0 Å². The number of nitrogens with zero attached hydrogens (tertiary/aromatic N) is 1. The Morgan fingerprint density at radius 1 is 0.750 bits per heavy atom. The number of amides is 2. The van der Waals surface area contributed by atoms with Crippen molar-refractivity contribution in [1.82, 2.24) is 0 Å². The average molecular weight is 489 g/mol. The number of halogens is 1. The number of anilines is 1. The van der Waals surface area contributed by atoms with Crippen molar-refractivity contribution in [2.24, 2.45) is 0 Å². The molecule has 0 radical (unpaired) electrons. The number of hydrogen-bond donors (Lipinski definition) is 0. The monoisotopic (exact) mass is 489 g/mol. The van der Waals surface area contributed by atoms with E-state index in [1.807, 2.05) is 6.92 Å². The van der Waals surface area contributed by atoms with Crippen molar-refractivity contribution in [3.05, 3.63) is 100 Å². The second-order valence-corrected chi connectivity index (χ2v) is 7.90. The van der Waals surface area contributed by atoms with Crippen LogP contribution < -0.4 is 4.90 Å². The molecular weight excluding hydrogens is 469 g/mol. The van der Waals surface area contributed by atoms with Crippen molar-refractivity contribution in [3.63, 3.8) is 0 Å². The molecule has 0 fully saturated rings. The van der Waals surface area contributed by atoms with E-state index in [0.717, 1.165) is 17.0 Å². The van der Waals surface area contributed by atoms with E-state index >= 15 is 0 Å². The van der Waals surface area contributed by atoms with E-state index in [0.29, 0.717) is 6.42 Å². The summed E-state index contributed by atoms with van der Waals surface area (Å²) in [6.07, 6.45) is 0.680. The van der Waals surface area contributed by atoms with Crippen LogP contribution in [0.2, 0.25) is 0 Å². The fraction of sp³-hybridized carbons (Fsp3) is 0.148. The van der Waals surface area contributed by atoms with Crippen LogP contribution >= 0.6 is 0 Å². The van der Waals surface area contributed by atoms with Gasteiger partial charge in [0, 0.05) is 5.56 Å². The molecule has 8 nitrogen and oxygen atoms in total. The van der Waals surface area contributed by atoms with Crippen molar-refractivity contribution < 1.29 is 37.8 Å². The standard InChI is InChI=1S/C27H20FNO7/c1-2-13-35-26(33)17-5-10-20(11-6-17)29-24(31)21-12-7-18(14-22(21)25(29)32)27(34)36-15-23(30)16-3-8-19(28)9-4-16/h3-12,14H,2,13,15H2,1H3. The SMILES string of the molecule is CCCOC(=O)c1ccc(N2C(=O)c3ccc(C(=O)OCC(=O)c4ccc(F)cc4)cc3C2=O)cc1. The molecular formula is C27H20FNO7. The third-order valence-corrected chi connectivity index (χ3v) is 5.42. The predicted molar refractivity (Wildman–Crippen MR) is 126 cm³/mol. The molecule has 0 spiro atoms. The number of imide groups is 1. The van der Waals surface area contributed by atoms with Crippen LogP contribution in [0.15, 0.2) is 66.7 Å². The largest absolute Gasteiger partial charge is 0.462 e. The predicted octanol–water partition coefficient (Wildman–Crippen LogP) is 4.23. The maximum Gasteiger partial charge on any atom is 0.338 e. The van der Waals surface area contributed by atoms with Crippen LogP contribution in [-0.2, 0) is 9.47 Å². The molecule has 0 aliphatic carbocycles. The van der Waals surface area contributed by atoms with Gasteiger partial charge in [-0.15, -0.1) is 0 Å². The van der Waals surface area contributed by atoms with Crippen LogP contribution in [0.3, 0.4) is 0 Å². The molecule has 4 rings (SSSR count). The van der Waals surface area contributed by atoms with Gasteiger partial charge in [-0.1, -0.05) is 6.92 Å². The molecule has 0 unspecified atom stereocenters. The molecule has 2 amide bonds. The van der Waals surface area contributed by atoms with Gasteiger partial charge in [0.15, 0.2) is 12.4 Å². The van der Waals surface area contributed by atoms with E-state index < -0.39 is 42.0 Å². The highest BCUT2D eigenvalue weighted by molar-refractivity contribution is 6.34. The Hall–Kier alpha value is -4.66. The zero-order valence-corrected chi connectivity index (χ0v) is 19.2. The van der Waals surface area contributed by atoms with Crippen molar-refractivity contribution in [3.8, 4) is 0 Å². The number of rotatable bonds is 8. The Morgan fingerprint density at radius 3 is 2.00 bits per heavy atom. The highest BCUT2D eigenvalue weighted by Crippen LogP contribution is 2.29. The number of ketones is 1. The van der Waals surface area contributed by atoms with Crippen LogP contribution in [0.5, 0.6) is 0 Å². The first-order valence-electron chi connectivity index (χ1n) is 11.1. The Kier molecular flexibility index (Phi) is 7.00. The van der Waals surface area contributed by atoms with Crippen LogP contribution in [0, 0.1) is 5.82 Å². The molecule has 182 valence electrons. The second-order valence-electron chi connectivity index (χ2n) is 7.90. The Morgan fingerprint density at radius 2 is 1.33 bits per heavy atom. The van der Waals surface area contributed by atoms with Gasteiger partial charge in [-0.05, 0) is 73.2 Å². The Balaban J connectivity index is 1.46. The van der Waals surface area contributed by atoms with Gasteiger partial charge < -0.3 is 9.47 Å². The summed E-state index contributed by atoms with van der Waals surface area (Å²) in [4.78, 5) is 63.4. The smallest absolute Gasteiger partial charge is 0.338 e. The third-order valence-electron chi connectivity index (χ3n) is 5.42. The van der Waals surface area contributed by atoms with Crippen LogP contribution in [0.4, 0.5) is 10.1 Å². The van der Waals surface area contributed by atoms with Gasteiger partial charge in [-0.3, -0.25) is 14.4 Å². The minimum absolute atomic E-state index is 0.00532. The summed E-state index contributed by atoms with van der Waals surface area (Å²) in [6, 6.07) is 14.5. The lowest BCUT2D eigenvalue weighted by Gasteiger charge is -2.14. The van der Waals surface area contributed by atoms with Crippen LogP contribution in [-0.4, -0.2) is 42.7 Å². The lowest BCUT2D eigenvalue weighted by Crippen LogP contribution is -2.29. The van der Waals surface area contributed by atoms with E-state index in [1.165, 1.54) is 54.6 Å². The third kappa shape index (κ3) is 4.90. The Labute approximate surface area is 205 Å². The number of hydrogen-bond acceptors (Lipinski definition) is 7. The first-order valence-corrected chi connectivity index (χ1v) is 11.1. The van der Waals surface area contributed by atoms with E-state index in [-0.39, 0.29) is 40.1 Å². The van der Waals surface area contributed by atoms with Crippen molar-refractivity contribution in [2.45, 2.75) is 13.3 Å². The summed E-state index contributed by atoms with van der Waals surface area (Å²) in [5.41, 5.74) is 0.805. The fourth-order valence-electron chi connectivity index (χ4n) is 3.56. The molecule has 9 heteroatoms. The van der Waals surface area contributed by atoms with Crippen molar-refractivity contribution >= 4 is 35.2 Å². The fourth-order valence-corrected chi connectivity index (χ4v) is 3.56.